The normalized spacial score (nSPS) is 24.6. The minimum Gasteiger partial charge on any atom is -0.371 e. The van der Waals surface area contributed by atoms with Gasteiger partial charge >= 0.3 is 0 Å². The highest BCUT2D eigenvalue weighted by atomic mass is 16.5. The summed E-state index contributed by atoms with van der Waals surface area (Å²) >= 11 is 0. The Balaban J connectivity index is 1.53. The second-order valence-electron chi connectivity index (χ2n) is 6.39. The molecule has 5 nitrogen and oxygen atoms in total. The van der Waals surface area contributed by atoms with Crippen LogP contribution in [0.25, 0.3) is 0 Å². The van der Waals surface area contributed by atoms with E-state index in [-0.39, 0.29) is 5.60 Å². The van der Waals surface area contributed by atoms with Gasteiger partial charge in [0.15, 0.2) is 0 Å². The molecule has 0 aliphatic carbocycles. The van der Waals surface area contributed by atoms with Crippen molar-refractivity contribution in [3.05, 3.63) is 0 Å². The fourth-order valence-electron chi connectivity index (χ4n) is 2.58. The number of ether oxygens (including phenoxy) is 1. The highest BCUT2D eigenvalue weighted by Gasteiger charge is 2.32. The van der Waals surface area contributed by atoms with Crippen LogP contribution >= 0.6 is 0 Å². The van der Waals surface area contributed by atoms with E-state index in [1.807, 2.05) is 0 Å². The number of piperazine rings is 1. The Labute approximate surface area is 117 Å². The second-order valence-corrected chi connectivity index (χ2v) is 6.39. The zero-order valence-electron chi connectivity index (χ0n) is 12.8. The van der Waals surface area contributed by atoms with Crippen molar-refractivity contribution in [3.8, 4) is 0 Å². The lowest BCUT2D eigenvalue weighted by Gasteiger charge is -2.40. The molecule has 2 fully saturated rings. The third-order valence-corrected chi connectivity index (χ3v) is 4.18. The zero-order valence-corrected chi connectivity index (χ0v) is 12.8. The summed E-state index contributed by atoms with van der Waals surface area (Å²) in [5.41, 5.74) is 0.105. The van der Waals surface area contributed by atoms with E-state index in [2.05, 4.69) is 41.0 Å². The van der Waals surface area contributed by atoms with Crippen molar-refractivity contribution in [2.75, 3.05) is 79.6 Å². The largest absolute Gasteiger partial charge is 0.371 e. The van der Waals surface area contributed by atoms with Crippen LogP contribution in [0.1, 0.15) is 6.92 Å². The quantitative estimate of drug-likeness (QED) is 0.677. The van der Waals surface area contributed by atoms with Crippen molar-refractivity contribution >= 4 is 0 Å². The first kappa shape index (κ1) is 15.2. The molecule has 112 valence electrons. The van der Waals surface area contributed by atoms with E-state index in [9.17, 15) is 0 Å². The number of hydrogen-bond donors (Lipinski definition) is 1. The van der Waals surface area contributed by atoms with Gasteiger partial charge in [0.05, 0.1) is 12.2 Å². The smallest absolute Gasteiger partial charge is 0.0902 e. The molecule has 0 atom stereocenters. The van der Waals surface area contributed by atoms with Crippen LogP contribution < -0.4 is 5.32 Å². The molecule has 0 amide bonds. The molecule has 2 rings (SSSR count). The van der Waals surface area contributed by atoms with Crippen molar-refractivity contribution in [3.63, 3.8) is 0 Å². The first-order chi connectivity index (χ1) is 9.07. The molecule has 2 aliphatic heterocycles. The van der Waals surface area contributed by atoms with Crippen LogP contribution in [-0.4, -0.2) is 99.9 Å². The minimum atomic E-state index is 0.105. The zero-order chi connectivity index (χ0) is 13.7. The maximum Gasteiger partial charge on any atom is 0.0902 e. The fourth-order valence-corrected chi connectivity index (χ4v) is 2.58. The first-order valence-electron chi connectivity index (χ1n) is 7.52. The van der Waals surface area contributed by atoms with E-state index in [0.29, 0.717) is 0 Å². The molecule has 2 saturated heterocycles. The summed E-state index contributed by atoms with van der Waals surface area (Å²) in [5, 5.41) is 3.27. The molecular weight excluding hydrogens is 240 g/mol. The van der Waals surface area contributed by atoms with Crippen LogP contribution in [0.2, 0.25) is 0 Å². The molecule has 0 aromatic carbocycles. The summed E-state index contributed by atoms with van der Waals surface area (Å²) in [6.45, 7) is 13.3. The number of nitrogens with one attached hydrogen (secondary N) is 1. The van der Waals surface area contributed by atoms with Gasteiger partial charge in [0, 0.05) is 58.9 Å². The highest BCUT2D eigenvalue weighted by molar-refractivity contribution is 4.90. The van der Waals surface area contributed by atoms with E-state index >= 15 is 0 Å². The Morgan fingerprint density at radius 3 is 2.11 bits per heavy atom. The molecule has 0 saturated carbocycles. The molecule has 0 aromatic heterocycles. The average molecular weight is 270 g/mol. The summed E-state index contributed by atoms with van der Waals surface area (Å²) in [5.74, 6) is 0. The Morgan fingerprint density at radius 2 is 1.63 bits per heavy atom. The predicted octanol–water partition coefficient (Wildman–Crippen LogP) is -0.456. The van der Waals surface area contributed by atoms with E-state index in [0.717, 1.165) is 32.8 Å². The van der Waals surface area contributed by atoms with Crippen LogP contribution in [0.3, 0.4) is 0 Å². The number of hydrogen-bond acceptors (Lipinski definition) is 5. The van der Waals surface area contributed by atoms with Gasteiger partial charge in [-0.25, -0.2) is 0 Å². The van der Waals surface area contributed by atoms with Crippen LogP contribution in [0.4, 0.5) is 0 Å². The summed E-state index contributed by atoms with van der Waals surface area (Å²) in [6.07, 6.45) is 0. The SMILES string of the molecule is CN(C)CCN1CCN(CCOC2(C)CNC2)CC1. The van der Waals surface area contributed by atoms with Crippen molar-refractivity contribution in [2.24, 2.45) is 0 Å². The van der Waals surface area contributed by atoms with Gasteiger partial charge in [-0.2, -0.15) is 0 Å². The van der Waals surface area contributed by atoms with E-state index in [1.54, 1.807) is 0 Å². The molecular formula is C14H30N4O. The van der Waals surface area contributed by atoms with Crippen molar-refractivity contribution in [2.45, 2.75) is 12.5 Å². The maximum atomic E-state index is 5.95. The van der Waals surface area contributed by atoms with Gasteiger partial charge in [-0.15, -0.1) is 0 Å². The second kappa shape index (κ2) is 6.99. The van der Waals surface area contributed by atoms with Gasteiger partial charge in [0.25, 0.3) is 0 Å². The average Bonchev–Trinajstić information content (AvgIpc) is 2.36. The molecule has 0 unspecified atom stereocenters. The van der Waals surface area contributed by atoms with Crippen LogP contribution in [-0.2, 0) is 4.74 Å². The summed E-state index contributed by atoms with van der Waals surface area (Å²) in [7, 11) is 4.28. The number of nitrogens with zero attached hydrogens (tertiary/aromatic N) is 3. The monoisotopic (exact) mass is 270 g/mol. The molecule has 2 heterocycles. The number of rotatable bonds is 7. The Bertz CT molecular complexity index is 260. The lowest BCUT2D eigenvalue weighted by atomic mass is 10.0. The molecule has 5 heteroatoms. The maximum absolute atomic E-state index is 5.95. The van der Waals surface area contributed by atoms with Gasteiger partial charge in [-0.05, 0) is 21.0 Å². The fraction of sp³-hybridized carbons (Fsp3) is 1.00. The van der Waals surface area contributed by atoms with Gasteiger partial charge < -0.3 is 15.0 Å². The Morgan fingerprint density at radius 1 is 1.05 bits per heavy atom. The lowest BCUT2D eigenvalue weighted by Crippen LogP contribution is -2.59. The van der Waals surface area contributed by atoms with E-state index in [4.69, 9.17) is 4.74 Å². The van der Waals surface area contributed by atoms with Crippen LogP contribution in [0.5, 0.6) is 0 Å². The van der Waals surface area contributed by atoms with Gasteiger partial charge in [0.1, 0.15) is 0 Å². The Kier molecular flexibility index (Phi) is 5.59. The lowest BCUT2D eigenvalue weighted by molar-refractivity contribution is -0.0740. The van der Waals surface area contributed by atoms with Gasteiger partial charge in [-0.3, -0.25) is 9.80 Å². The van der Waals surface area contributed by atoms with E-state index < -0.39 is 0 Å². The molecule has 0 radical (unpaired) electrons. The molecule has 0 spiro atoms. The van der Waals surface area contributed by atoms with Crippen LogP contribution in [0, 0.1) is 0 Å². The third-order valence-electron chi connectivity index (χ3n) is 4.18. The van der Waals surface area contributed by atoms with E-state index in [1.165, 1.54) is 32.7 Å². The molecule has 0 bridgehead atoms. The highest BCUT2D eigenvalue weighted by Crippen LogP contribution is 2.15. The Hall–Kier alpha value is -0.200. The molecule has 0 aromatic rings. The minimum absolute atomic E-state index is 0.105. The summed E-state index contributed by atoms with van der Waals surface area (Å²) in [6, 6.07) is 0. The van der Waals surface area contributed by atoms with Crippen molar-refractivity contribution in [1.29, 1.82) is 0 Å². The number of likely N-dealkylation sites (N-methyl/N-ethyl adjacent to an activating group) is 1. The van der Waals surface area contributed by atoms with Crippen molar-refractivity contribution < 1.29 is 4.74 Å². The molecule has 2 aliphatic rings. The van der Waals surface area contributed by atoms with Gasteiger partial charge in [0.2, 0.25) is 0 Å². The predicted molar refractivity (Wildman–Crippen MR) is 78.7 cm³/mol. The third kappa shape index (κ3) is 5.00. The molecule has 1 N–H and O–H groups in total. The standard InChI is InChI=1S/C14H30N4O/c1-14(12-15-13-14)19-11-10-18-8-6-17(7-9-18)5-4-16(2)3/h15H,4-13H2,1-3H3. The summed E-state index contributed by atoms with van der Waals surface area (Å²) < 4.78 is 5.95. The summed E-state index contributed by atoms with van der Waals surface area (Å²) in [4.78, 5) is 7.35. The van der Waals surface area contributed by atoms with Gasteiger partial charge in [-0.1, -0.05) is 0 Å². The molecule has 19 heavy (non-hydrogen) atoms. The first-order valence-corrected chi connectivity index (χ1v) is 7.52. The van der Waals surface area contributed by atoms with Crippen LogP contribution in [0.15, 0.2) is 0 Å². The topological polar surface area (TPSA) is 31.0 Å². The van der Waals surface area contributed by atoms with Crippen molar-refractivity contribution in [1.82, 2.24) is 20.0 Å².